The molecule has 13 heteroatoms. The Labute approximate surface area is 259 Å². The molecule has 0 saturated heterocycles. The molecule has 0 heterocycles. The van der Waals surface area contributed by atoms with Gasteiger partial charge in [0.25, 0.3) is 0 Å². The van der Waals surface area contributed by atoms with Gasteiger partial charge in [0, 0.05) is 12.1 Å². The fourth-order valence-corrected chi connectivity index (χ4v) is 5.40. The Hall–Kier alpha value is -2.56. The molecule has 0 radical (unpaired) electrons. The largest absolute Gasteiger partial charge is 2.00 e. The van der Waals surface area contributed by atoms with Gasteiger partial charge in [-0.05, 0) is 61.4 Å². The predicted octanol–water partition coefficient (Wildman–Crippen LogP) is -1.06. The summed E-state index contributed by atoms with van der Waals surface area (Å²) in [5.74, 6) is 0.0662. The third-order valence-corrected chi connectivity index (χ3v) is 7.59. The van der Waals surface area contributed by atoms with Gasteiger partial charge in [0.15, 0.2) is 0 Å². The van der Waals surface area contributed by atoms with Crippen molar-refractivity contribution in [2.75, 3.05) is 0 Å². The Morgan fingerprint density at radius 2 is 0.872 bits per heavy atom. The van der Waals surface area contributed by atoms with Crippen molar-refractivity contribution in [3.63, 3.8) is 0 Å². The average molecular weight is 691 g/mol. The van der Waals surface area contributed by atoms with Crippen molar-refractivity contribution in [1.29, 1.82) is 0 Å². The van der Waals surface area contributed by atoms with Gasteiger partial charge < -0.3 is 43.4 Å². The summed E-state index contributed by atoms with van der Waals surface area (Å²) < 4.78 is 58.0. The number of phenols is 2. The fraction of sp³-hybridized carbons (Fsp3) is 0.0769. The number of hydrogen-bond acceptors (Lipinski definition) is 8. The van der Waals surface area contributed by atoms with Crippen LogP contribution in [0.15, 0.2) is 107 Å². The van der Waals surface area contributed by atoms with Gasteiger partial charge in [0.05, 0.1) is 0 Å². The molecule has 8 nitrogen and oxygen atoms in total. The van der Waals surface area contributed by atoms with Crippen LogP contribution >= 0.6 is 0 Å². The quantitative estimate of drug-likeness (QED) is 0.246. The zero-order valence-corrected chi connectivity index (χ0v) is 26.3. The van der Waals surface area contributed by atoms with E-state index in [-0.39, 0.29) is 83.8 Å². The van der Waals surface area contributed by atoms with Crippen LogP contribution in [0.25, 0.3) is 0 Å². The first-order valence-electron chi connectivity index (χ1n) is 10.6. The van der Waals surface area contributed by atoms with Crippen LogP contribution in [0.3, 0.4) is 0 Å². The SMILES string of the molecule is Cc1ccccc1S(=O)(=O)Oc1cccc(O)c1.Cc1ccccc1S(=O)(=O)Oc1cccc(O)c1.[Cl-].[Cl-].[Zr+2]. The number of aromatic hydroxyl groups is 2. The Morgan fingerprint density at radius 3 is 1.18 bits per heavy atom. The molecule has 0 saturated carbocycles. The first-order valence-corrected chi connectivity index (χ1v) is 13.4. The van der Waals surface area contributed by atoms with Crippen LogP contribution in [-0.4, -0.2) is 27.0 Å². The summed E-state index contributed by atoms with van der Waals surface area (Å²) in [5, 5.41) is 18.5. The van der Waals surface area contributed by atoms with Crippen molar-refractivity contribution < 1.29 is 86.4 Å². The molecule has 206 valence electrons. The van der Waals surface area contributed by atoms with E-state index in [1.54, 1.807) is 50.2 Å². The third-order valence-electron chi connectivity index (χ3n) is 4.77. The number of hydrogen-bond donors (Lipinski definition) is 2. The summed E-state index contributed by atoms with van der Waals surface area (Å²) in [7, 11) is -7.74. The van der Waals surface area contributed by atoms with Gasteiger partial charge in [-0.1, -0.05) is 48.5 Å². The number of rotatable bonds is 6. The molecular formula is C26H24Cl2O8S2Zr. The van der Waals surface area contributed by atoms with Crippen LogP contribution in [0.1, 0.15) is 11.1 Å². The van der Waals surface area contributed by atoms with Crippen LogP contribution in [0.4, 0.5) is 0 Å². The minimum atomic E-state index is -3.87. The van der Waals surface area contributed by atoms with E-state index < -0.39 is 20.2 Å². The summed E-state index contributed by atoms with van der Waals surface area (Å²) in [5.41, 5.74) is 1.22. The molecule has 4 aromatic carbocycles. The molecule has 0 spiro atoms. The summed E-state index contributed by atoms with van der Waals surface area (Å²) in [4.78, 5) is 0.238. The summed E-state index contributed by atoms with van der Waals surface area (Å²) in [6.45, 7) is 3.39. The third kappa shape index (κ3) is 10.5. The normalized spacial score (nSPS) is 10.3. The van der Waals surface area contributed by atoms with Crippen LogP contribution in [-0.2, 0) is 46.4 Å². The second-order valence-electron chi connectivity index (χ2n) is 7.60. The molecule has 0 aliphatic rings. The van der Waals surface area contributed by atoms with Crippen molar-refractivity contribution in [2.24, 2.45) is 0 Å². The topological polar surface area (TPSA) is 127 Å². The standard InChI is InChI=1S/2C13H12O4S.2ClH.Zr/c2*1-10-5-2-3-8-13(10)18(15,16)17-12-7-4-6-11(14)9-12;;;/h2*2-9,14H,1H3;2*1H;/q;;;;+2/p-2. The average Bonchev–Trinajstić information content (AvgIpc) is 2.79. The second-order valence-corrected chi connectivity index (χ2v) is 10.6. The minimum Gasteiger partial charge on any atom is -1.00 e. The number of aryl methyl sites for hydroxylation is 2. The van der Waals surface area contributed by atoms with Gasteiger partial charge in [0.2, 0.25) is 0 Å². The Kier molecular flexibility index (Phi) is 14.8. The summed E-state index contributed by atoms with van der Waals surface area (Å²) in [6.07, 6.45) is 0. The predicted molar refractivity (Wildman–Crippen MR) is 134 cm³/mol. The van der Waals surface area contributed by atoms with Crippen molar-refractivity contribution in [2.45, 2.75) is 23.6 Å². The first kappa shape index (κ1) is 36.4. The van der Waals surface area contributed by atoms with E-state index in [1.165, 1.54) is 60.7 Å². The molecule has 0 atom stereocenters. The molecule has 0 amide bonds. The second kappa shape index (κ2) is 15.9. The summed E-state index contributed by atoms with van der Waals surface area (Å²) in [6, 6.07) is 24.4. The molecule has 0 bridgehead atoms. The van der Waals surface area contributed by atoms with Gasteiger partial charge in [-0.25, -0.2) is 0 Å². The van der Waals surface area contributed by atoms with Crippen LogP contribution in [0.2, 0.25) is 0 Å². The van der Waals surface area contributed by atoms with Crippen molar-refractivity contribution in [3.8, 4) is 23.0 Å². The maximum absolute atomic E-state index is 12.0. The minimum absolute atomic E-state index is 0. The molecule has 0 aliphatic heterocycles. The monoisotopic (exact) mass is 688 g/mol. The number of phenolic OH excluding ortho intramolecular Hbond substituents is 2. The van der Waals surface area contributed by atoms with Gasteiger partial charge in [0.1, 0.15) is 32.8 Å². The Balaban J connectivity index is 0.000000688. The first-order chi connectivity index (χ1) is 17.0. The van der Waals surface area contributed by atoms with Crippen LogP contribution in [0.5, 0.6) is 23.0 Å². The number of benzene rings is 4. The number of halogens is 2. The van der Waals surface area contributed by atoms with E-state index in [9.17, 15) is 27.0 Å². The van der Waals surface area contributed by atoms with Gasteiger partial charge in [-0.15, -0.1) is 0 Å². The Bertz CT molecular complexity index is 1460. The van der Waals surface area contributed by atoms with E-state index in [4.69, 9.17) is 8.37 Å². The maximum Gasteiger partial charge on any atom is 2.00 e. The van der Waals surface area contributed by atoms with E-state index in [0.29, 0.717) is 11.1 Å². The molecule has 4 rings (SSSR count). The van der Waals surface area contributed by atoms with Crippen molar-refractivity contribution >= 4 is 20.2 Å². The molecule has 2 N–H and O–H groups in total. The van der Waals surface area contributed by atoms with Gasteiger partial charge in [-0.2, -0.15) is 16.8 Å². The van der Waals surface area contributed by atoms with E-state index in [1.807, 2.05) is 0 Å². The van der Waals surface area contributed by atoms with Crippen molar-refractivity contribution in [1.82, 2.24) is 0 Å². The molecule has 0 aliphatic carbocycles. The molecule has 0 aromatic heterocycles. The van der Waals surface area contributed by atoms with E-state index in [0.717, 1.165) is 0 Å². The molecule has 4 aromatic rings. The van der Waals surface area contributed by atoms with Crippen LogP contribution < -0.4 is 33.2 Å². The molecule has 0 unspecified atom stereocenters. The Morgan fingerprint density at radius 1 is 0.538 bits per heavy atom. The molecular weight excluding hydrogens is 667 g/mol. The van der Waals surface area contributed by atoms with Gasteiger partial charge in [-0.3, -0.25) is 0 Å². The zero-order valence-electron chi connectivity index (χ0n) is 20.7. The fourth-order valence-electron chi connectivity index (χ4n) is 3.09. The summed E-state index contributed by atoms with van der Waals surface area (Å²) >= 11 is 0. The molecule has 39 heavy (non-hydrogen) atoms. The maximum atomic E-state index is 12.0. The van der Waals surface area contributed by atoms with E-state index >= 15 is 0 Å². The smallest absolute Gasteiger partial charge is 1.00 e. The van der Waals surface area contributed by atoms with Crippen LogP contribution in [0, 0.1) is 13.8 Å². The molecule has 0 fully saturated rings. The van der Waals surface area contributed by atoms with E-state index in [2.05, 4.69) is 0 Å². The van der Waals surface area contributed by atoms with Gasteiger partial charge >= 0.3 is 46.4 Å². The van der Waals surface area contributed by atoms with Crippen molar-refractivity contribution in [3.05, 3.63) is 108 Å². The zero-order chi connectivity index (χ0) is 26.3.